The van der Waals surface area contributed by atoms with Gasteiger partial charge in [-0.1, -0.05) is 27.7 Å². The fourth-order valence-electron chi connectivity index (χ4n) is 1.12. The molecule has 8 heteroatoms. The normalized spacial score (nSPS) is 10.6. The van der Waals surface area contributed by atoms with E-state index in [9.17, 15) is 9.59 Å². The van der Waals surface area contributed by atoms with Crippen molar-refractivity contribution in [3.8, 4) is 0 Å². The Kier molecular flexibility index (Phi) is 12.2. The summed E-state index contributed by atoms with van der Waals surface area (Å²) < 4.78 is 19.6. The zero-order chi connectivity index (χ0) is 16.8. The minimum Gasteiger partial charge on any atom is -0.429 e. The minimum absolute atomic E-state index is 0.00695. The van der Waals surface area contributed by atoms with E-state index in [1.807, 2.05) is 27.7 Å². The van der Waals surface area contributed by atoms with Gasteiger partial charge in [-0.2, -0.15) is 19.4 Å². The molecule has 0 aliphatic heterocycles. The fraction of sp³-hybridized carbons (Fsp3) is 0.857. The van der Waals surface area contributed by atoms with Crippen LogP contribution in [0.25, 0.3) is 0 Å². The number of carbonyl (C=O) groups is 2. The van der Waals surface area contributed by atoms with Crippen LogP contribution in [0.4, 0.5) is 9.59 Å². The molecule has 0 unspecified atom stereocenters. The zero-order valence-corrected chi connectivity index (χ0v) is 13.7. The molecule has 0 atom stereocenters. The topological polar surface area (TPSA) is 89.5 Å². The van der Waals surface area contributed by atoms with E-state index in [0.717, 1.165) is 0 Å². The van der Waals surface area contributed by atoms with E-state index in [0.29, 0.717) is 25.0 Å². The average molecular weight is 322 g/mol. The Labute approximate surface area is 130 Å². The molecule has 0 aromatic heterocycles. The summed E-state index contributed by atoms with van der Waals surface area (Å²) in [6, 6.07) is 0. The number of rotatable bonds is 10. The van der Waals surface area contributed by atoms with Crippen LogP contribution in [-0.4, -0.2) is 52.0 Å². The molecule has 0 aromatic rings. The first-order valence-electron chi connectivity index (χ1n) is 7.25. The Bertz CT molecular complexity index is 273. The van der Waals surface area contributed by atoms with E-state index < -0.39 is 12.3 Å². The molecule has 0 amide bonds. The SMILES string of the molecule is CC(C)COCCOC(=O)OOC(=O)OCCOCC(C)C. The van der Waals surface area contributed by atoms with Crippen molar-refractivity contribution in [1.29, 1.82) is 0 Å². The van der Waals surface area contributed by atoms with Gasteiger partial charge >= 0.3 is 12.3 Å². The monoisotopic (exact) mass is 322 g/mol. The predicted molar refractivity (Wildman–Crippen MR) is 76.2 cm³/mol. The van der Waals surface area contributed by atoms with Gasteiger partial charge in [0.2, 0.25) is 0 Å². The van der Waals surface area contributed by atoms with Gasteiger partial charge in [-0.25, -0.2) is 0 Å². The van der Waals surface area contributed by atoms with Gasteiger partial charge in [0.05, 0.1) is 13.2 Å². The first kappa shape index (κ1) is 20.5. The molecule has 0 spiro atoms. The van der Waals surface area contributed by atoms with E-state index in [4.69, 9.17) is 9.47 Å². The van der Waals surface area contributed by atoms with Gasteiger partial charge in [0, 0.05) is 13.2 Å². The third kappa shape index (κ3) is 14.9. The van der Waals surface area contributed by atoms with Crippen molar-refractivity contribution in [3.63, 3.8) is 0 Å². The second-order valence-electron chi connectivity index (χ2n) is 5.30. The second-order valence-corrected chi connectivity index (χ2v) is 5.30. The molecular weight excluding hydrogens is 296 g/mol. The zero-order valence-electron chi connectivity index (χ0n) is 13.7. The molecule has 8 nitrogen and oxygen atoms in total. The lowest BCUT2D eigenvalue weighted by atomic mass is 10.2. The summed E-state index contributed by atoms with van der Waals surface area (Å²) in [6.07, 6.45) is -2.28. The molecule has 0 bridgehead atoms. The highest BCUT2D eigenvalue weighted by molar-refractivity contribution is 5.63. The molecule has 22 heavy (non-hydrogen) atoms. The van der Waals surface area contributed by atoms with Gasteiger partial charge in [-0.15, -0.1) is 0 Å². The Morgan fingerprint density at radius 2 is 1.05 bits per heavy atom. The van der Waals surface area contributed by atoms with Crippen LogP contribution >= 0.6 is 0 Å². The lowest BCUT2D eigenvalue weighted by molar-refractivity contribution is -0.219. The van der Waals surface area contributed by atoms with Gasteiger partial charge in [-0.3, -0.25) is 0 Å². The highest BCUT2D eigenvalue weighted by atomic mass is 17.3. The summed E-state index contributed by atoms with van der Waals surface area (Å²) in [5.41, 5.74) is 0. The maximum absolute atomic E-state index is 11.0. The molecular formula is C14H26O8. The van der Waals surface area contributed by atoms with Gasteiger partial charge in [0.15, 0.2) is 0 Å². The second kappa shape index (κ2) is 13.1. The molecule has 0 saturated heterocycles. The van der Waals surface area contributed by atoms with Gasteiger partial charge in [0.1, 0.15) is 13.2 Å². The third-order valence-corrected chi connectivity index (χ3v) is 1.98. The Balaban J connectivity index is 3.43. The quantitative estimate of drug-likeness (QED) is 0.262. The fourth-order valence-corrected chi connectivity index (χ4v) is 1.12. The van der Waals surface area contributed by atoms with Crippen LogP contribution in [0.1, 0.15) is 27.7 Å². The number of hydrogen-bond donors (Lipinski definition) is 0. The lowest BCUT2D eigenvalue weighted by Gasteiger charge is -2.08. The molecule has 130 valence electrons. The van der Waals surface area contributed by atoms with Crippen LogP contribution in [0.3, 0.4) is 0 Å². The van der Waals surface area contributed by atoms with Crippen LogP contribution in [0, 0.1) is 11.8 Å². The maximum Gasteiger partial charge on any atom is 0.550 e. The van der Waals surface area contributed by atoms with Crippen LogP contribution < -0.4 is 0 Å². The van der Waals surface area contributed by atoms with Crippen LogP contribution in [0.2, 0.25) is 0 Å². The summed E-state index contributed by atoms with van der Waals surface area (Å²) in [6.45, 7) is 9.64. The molecule has 0 aromatic carbocycles. The van der Waals surface area contributed by atoms with E-state index in [2.05, 4.69) is 19.2 Å². The van der Waals surface area contributed by atoms with Crippen molar-refractivity contribution in [2.75, 3.05) is 39.6 Å². The predicted octanol–water partition coefficient (Wildman–Crippen LogP) is 2.55. The molecule has 0 saturated carbocycles. The molecule has 0 aliphatic rings. The van der Waals surface area contributed by atoms with E-state index in [1.165, 1.54) is 0 Å². The minimum atomic E-state index is -1.14. The average Bonchev–Trinajstić information content (AvgIpc) is 2.43. The van der Waals surface area contributed by atoms with Crippen LogP contribution in [0.15, 0.2) is 0 Å². The standard InChI is InChI=1S/C14H26O8/c1-11(2)9-17-5-7-19-13(15)21-22-14(16)20-8-6-18-10-12(3)4/h11-12H,5-10H2,1-4H3. The van der Waals surface area contributed by atoms with Crippen molar-refractivity contribution in [2.45, 2.75) is 27.7 Å². The maximum atomic E-state index is 11.0. The molecule has 0 heterocycles. The summed E-state index contributed by atoms with van der Waals surface area (Å²) in [5, 5.41) is 0. The highest BCUT2D eigenvalue weighted by Gasteiger charge is 2.11. The summed E-state index contributed by atoms with van der Waals surface area (Å²) in [7, 11) is 0. The van der Waals surface area contributed by atoms with Gasteiger partial charge in [0.25, 0.3) is 0 Å². The Hall–Kier alpha value is -1.54. The summed E-state index contributed by atoms with van der Waals surface area (Å²) >= 11 is 0. The molecule has 0 N–H and O–H groups in total. The van der Waals surface area contributed by atoms with Crippen molar-refractivity contribution in [2.24, 2.45) is 11.8 Å². The van der Waals surface area contributed by atoms with Crippen molar-refractivity contribution < 1.29 is 38.3 Å². The van der Waals surface area contributed by atoms with E-state index >= 15 is 0 Å². The van der Waals surface area contributed by atoms with E-state index in [-0.39, 0.29) is 26.4 Å². The molecule has 0 radical (unpaired) electrons. The molecule has 0 fully saturated rings. The number of carbonyl (C=O) groups excluding carboxylic acids is 2. The lowest BCUT2D eigenvalue weighted by Crippen LogP contribution is -2.18. The first-order valence-corrected chi connectivity index (χ1v) is 7.25. The van der Waals surface area contributed by atoms with Gasteiger partial charge in [-0.05, 0) is 11.8 Å². The Morgan fingerprint density at radius 3 is 1.36 bits per heavy atom. The van der Waals surface area contributed by atoms with Crippen molar-refractivity contribution in [3.05, 3.63) is 0 Å². The highest BCUT2D eigenvalue weighted by Crippen LogP contribution is 1.95. The Morgan fingerprint density at radius 1 is 0.682 bits per heavy atom. The van der Waals surface area contributed by atoms with Gasteiger partial charge < -0.3 is 18.9 Å². The number of hydrogen-bond acceptors (Lipinski definition) is 8. The first-order chi connectivity index (χ1) is 10.4. The third-order valence-electron chi connectivity index (χ3n) is 1.98. The van der Waals surface area contributed by atoms with Crippen molar-refractivity contribution in [1.82, 2.24) is 0 Å². The van der Waals surface area contributed by atoms with E-state index in [1.54, 1.807) is 0 Å². The smallest absolute Gasteiger partial charge is 0.429 e. The molecule has 0 aliphatic carbocycles. The largest absolute Gasteiger partial charge is 0.550 e. The number of ether oxygens (including phenoxy) is 4. The van der Waals surface area contributed by atoms with Crippen molar-refractivity contribution >= 4 is 12.3 Å². The summed E-state index contributed by atoms with van der Waals surface area (Å²) in [5.74, 6) is 0.796. The van der Waals surface area contributed by atoms with Crippen LogP contribution in [-0.2, 0) is 28.7 Å². The summed E-state index contributed by atoms with van der Waals surface area (Å²) in [4.78, 5) is 30.3. The molecule has 0 rings (SSSR count). The van der Waals surface area contributed by atoms with Crippen LogP contribution in [0.5, 0.6) is 0 Å².